The molecule has 0 saturated heterocycles. The Morgan fingerprint density at radius 1 is 1.19 bits per heavy atom. The Morgan fingerprint density at radius 3 is 2.19 bits per heavy atom. The highest BCUT2D eigenvalue weighted by atomic mass is 16.5. The number of rotatable bonds is 9. The van der Waals surface area contributed by atoms with Crippen LogP contribution in [-0.2, 0) is 4.74 Å². The van der Waals surface area contributed by atoms with Crippen molar-refractivity contribution in [2.75, 3.05) is 33.4 Å². The van der Waals surface area contributed by atoms with Crippen molar-refractivity contribution in [3.63, 3.8) is 0 Å². The number of hydrogen-bond donors (Lipinski definition) is 1. The predicted octanol–water partition coefficient (Wildman–Crippen LogP) is 1.98. The summed E-state index contributed by atoms with van der Waals surface area (Å²) in [5.41, 5.74) is 0. The molecule has 0 bridgehead atoms. The number of ether oxygens (including phenoxy) is 1. The van der Waals surface area contributed by atoms with E-state index in [0.29, 0.717) is 18.0 Å². The minimum atomic E-state index is 0.468. The van der Waals surface area contributed by atoms with E-state index in [1.807, 2.05) is 0 Å². The molecule has 0 aromatic heterocycles. The van der Waals surface area contributed by atoms with Gasteiger partial charge in [-0.15, -0.1) is 0 Å². The molecule has 0 fully saturated rings. The van der Waals surface area contributed by atoms with Gasteiger partial charge in [-0.3, -0.25) is 4.90 Å². The van der Waals surface area contributed by atoms with Crippen molar-refractivity contribution in [3.8, 4) is 0 Å². The number of likely N-dealkylation sites (N-methyl/N-ethyl adjacent to an activating group) is 1. The molecule has 0 aromatic rings. The summed E-state index contributed by atoms with van der Waals surface area (Å²) in [6.45, 7) is 15.3. The van der Waals surface area contributed by atoms with Crippen LogP contribution < -0.4 is 5.32 Å². The van der Waals surface area contributed by atoms with E-state index in [4.69, 9.17) is 4.74 Å². The minimum Gasteiger partial charge on any atom is -0.383 e. The van der Waals surface area contributed by atoms with E-state index >= 15 is 0 Å². The van der Waals surface area contributed by atoms with Crippen molar-refractivity contribution in [3.05, 3.63) is 0 Å². The van der Waals surface area contributed by atoms with E-state index in [-0.39, 0.29) is 0 Å². The van der Waals surface area contributed by atoms with Crippen LogP contribution in [0.3, 0.4) is 0 Å². The number of hydrogen-bond acceptors (Lipinski definition) is 3. The molecule has 3 nitrogen and oxygen atoms in total. The van der Waals surface area contributed by atoms with Crippen LogP contribution in [0.4, 0.5) is 0 Å². The highest BCUT2D eigenvalue weighted by Crippen LogP contribution is 2.02. The normalized spacial score (nSPS) is 14.1. The maximum atomic E-state index is 5.22. The highest BCUT2D eigenvalue weighted by molar-refractivity contribution is 4.71. The van der Waals surface area contributed by atoms with Gasteiger partial charge in [0, 0.05) is 32.3 Å². The SMILES string of the molecule is CCN(CCNC(COC)C(C)C)C(C)C. The number of methoxy groups -OCH3 is 1. The lowest BCUT2D eigenvalue weighted by atomic mass is 10.1. The molecule has 1 N–H and O–H groups in total. The molecular weight excluding hydrogens is 200 g/mol. The molecule has 0 aliphatic carbocycles. The van der Waals surface area contributed by atoms with E-state index in [1.165, 1.54) is 0 Å². The molecule has 0 saturated carbocycles. The Kier molecular flexibility index (Phi) is 8.90. The van der Waals surface area contributed by atoms with E-state index in [2.05, 4.69) is 44.8 Å². The molecule has 0 aliphatic rings. The molecule has 0 aromatic carbocycles. The van der Waals surface area contributed by atoms with Crippen LogP contribution in [0.15, 0.2) is 0 Å². The molecule has 1 unspecified atom stereocenters. The molecule has 0 spiro atoms. The van der Waals surface area contributed by atoms with Gasteiger partial charge in [-0.05, 0) is 26.3 Å². The maximum Gasteiger partial charge on any atom is 0.0618 e. The third kappa shape index (κ3) is 6.46. The molecule has 0 rings (SSSR count). The van der Waals surface area contributed by atoms with Gasteiger partial charge in [0.25, 0.3) is 0 Å². The average molecular weight is 230 g/mol. The first-order valence-electron chi connectivity index (χ1n) is 6.49. The first-order valence-corrected chi connectivity index (χ1v) is 6.49. The molecule has 0 radical (unpaired) electrons. The summed E-state index contributed by atoms with van der Waals surface area (Å²) in [6, 6.07) is 1.10. The van der Waals surface area contributed by atoms with Gasteiger partial charge < -0.3 is 10.1 Å². The van der Waals surface area contributed by atoms with Crippen LogP contribution in [0, 0.1) is 5.92 Å². The minimum absolute atomic E-state index is 0.468. The van der Waals surface area contributed by atoms with Crippen LogP contribution in [-0.4, -0.2) is 50.3 Å². The summed E-state index contributed by atoms with van der Waals surface area (Å²) < 4.78 is 5.22. The Balaban J connectivity index is 3.83. The summed E-state index contributed by atoms with van der Waals surface area (Å²) in [4.78, 5) is 2.47. The predicted molar refractivity (Wildman–Crippen MR) is 70.9 cm³/mol. The van der Waals surface area contributed by atoms with E-state index in [9.17, 15) is 0 Å². The van der Waals surface area contributed by atoms with Gasteiger partial charge in [0.05, 0.1) is 6.61 Å². The molecule has 16 heavy (non-hydrogen) atoms. The molecule has 98 valence electrons. The van der Waals surface area contributed by atoms with E-state index in [0.717, 1.165) is 26.2 Å². The van der Waals surface area contributed by atoms with Crippen LogP contribution in [0.1, 0.15) is 34.6 Å². The van der Waals surface area contributed by atoms with Gasteiger partial charge in [0.15, 0.2) is 0 Å². The summed E-state index contributed by atoms with van der Waals surface area (Å²) >= 11 is 0. The van der Waals surface area contributed by atoms with Gasteiger partial charge in [0.2, 0.25) is 0 Å². The quantitative estimate of drug-likeness (QED) is 0.655. The van der Waals surface area contributed by atoms with Gasteiger partial charge in [-0.1, -0.05) is 20.8 Å². The summed E-state index contributed by atoms with van der Waals surface area (Å²) in [7, 11) is 1.77. The van der Waals surface area contributed by atoms with Gasteiger partial charge >= 0.3 is 0 Å². The summed E-state index contributed by atoms with van der Waals surface area (Å²) in [5.74, 6) is 0.620. The second-order valence-corrected chi connectivity index (χ2v) is 4.98. The molecule has 1 atom stereocenters. The highest BCUT2D eigenvalue weighted by Gasteiger charge is 2.13. The lowest BCUT2D eigenvalue weighted by Crippen LogP contribution is -2.43. The van der Waals surface area contributed by atoms with Gasteiger partial charge in [-0.25, -0.2) is 0 Å². The Labute approximate surface area is 102 Å². The van der Waals surface area contributed by atoms with Crippen LogP contribution in [0.25, 0.3) is 0 Å². The van der Waals surface area contributed by atoms with Crippen molar-refractivity contribution < 1.29 is 4.74 Å². The number of nitrogens with one attached hydrogen (secondary N) is 1. The van der Waals surface area contributed by atoms with Crippen molar-refractivity contribution in [2.24, 2.45) is 5.92 Å². The fraction of sp³-hybridized carbons (Fsp3) is 1.00. The zero-order chi connectivity index (χ0) is 12.6. The van der Waals surface area contributed by atoms with Crippen LogP contribution >= 0.6 is 0 Å². The topological polar surface area (TPSA) is 24.5 Å². The Bertz CT molecular complexity index is 160. The molecule has 0 amide bonds. The second kappa shape index (κ2) is 8.97. The Morgan fingerprint density at radius 2 is 1.81 bits per heavy atom. The molecule has 0 aliphatic heterocycles. The standard InChI is InChI=1S/C13H30N2O/c1-7-15(12(4)5)9-8-14-13(10-16-6)11(2)3/h11-14H,7-10H2,1-6H3. The third-order valence-electron chi connectivity index (χ3n) is 3.09. The molecule has 0 heterocycles. The fourth-order valence-electron chi connectivity index (χ4n) is 1.84. The lowest BCUT2D eigenvalue weighted by molar-refractivity contribution is 0.142. The number of nitrogens with zero attached hydrogens (tertiary/aromatic N) is 1. The van der Waals surface area contributed by atoms with Gasteiger partial charge in [0.1, 0.15) is 0 Å². The van der Waals surface area contributed by atoms with Crippen LogP contribution in [0.2, 0.25) is 0 Å². The largest absolute Gasteiger partial charge is 0.383 e. The maximum absolute atomic E-state index is 5.22. The van der Waals surface area contributed by atoms with Crippen LogP contribution in [0.5, 0.6) is 0 Å². The monoisotopic (exact) mass is 230 g/mol. The van der Waals surface area contributed by atoms with E-state index < -0.39 is 0 Å². The summed E-state index contributed by atoms with van der Waals surface area (Å²) in [5, 5.41) is 3.57. The first-order chi connectivity index (χ1) is 7.52. The van der Waals surface area contributed by atoms with Crippen molar-refractivity contribution >= 4 is 0 Å². The van der Waals surface area contributed by atoms with Gasteiger partial charge in [-0.2, -0.15) is 0 Å². The second-order valence-electron chi connectivity index (χ2n) is 4.98. The zero-order valence-corrected chi connectivity index (χ0v) is 11.9. The van der Waals surface area contributed by atoms with E-state index in [1.54, 1.807) is 7.11 Å². The Hall–Kier alpha value is -0.120. The fourth-order valence-corrected chi connectivity index (χ4v) is 1.84. The average Bonchev–Trinajstić information content (AvgIpc) is 2.21. The van der Waals surface area contributed by atoms with Crippen molar-refractivity contribution in [1.29, 1.82) is 0 Å². The first kappa shape index (κ1) is 15.9. The molecule has 3 heteroatoms. The zero-order valence-electron chi connectivity index (χ0n) is 11.9. The van der Waals surface area contributed by atoms with Crippen molar-refractivity contribution in [1.82, 2.24) is 10.2 Å². The lowest BCUT2D eigenvalue weighted by Gasteiger charge is -2.27. The smallest absolute Gasteiger partial charge is 0.0618 e. The third-order valence-corrected chi connectivity index (χ3v) is 3.09. The summed E-state index contributed by atoms with van der Waals surface area (Å²) in [6.07, 6.45) is 0. The molecular formula is C13H30N2O. The van der Waals surface area contributed by atoms with Crippen molar-refractivity contribution in [2.45, 2.75) is 46.7 Å².